The molecule has 0 aromatic heterocycles. The molecule has 1 aliphatic heterocycles. The molecule has 1 heteroatoms. The van der Waals surface area contributed by atoms with Crippen LogP contribution >= 0.6 is 0 Å². The minimum absolute atomic E-state index is 1.11. The van der Waals surface area contributed by atoms with Crippen LogP contribution in [0.15, 0.2) is 0 Å². The van der Waals surface area contributed by atoms with Crippen LogP contribution in [0.2, 0.25) is 0 Å². The van der Waals surface area contributed by atoms with Gasteiger partial charge in [-0.2, -0.15) is 0 Å². The average molecular weight is 138 g/mol. The Kier molecular flexibility index (Phi) is 1.51. The van der Waals surface area contributed by atoms with Gasteiger partial charge in [0.15, 0.2) is 0 Å². The van der Waals surface area contributed by atoms with Crippen LogP contribution in [0.3, 0.4) is 0 Å². The van der Waals surface area contributed by atoms with E-state index in [1.165, 1.54) is 38.8 Å². The fourth-order valence-electron chi connectivity index (χ4n) is 1.41. The first-order valence-corrected chi connectivity index (χ1v) is 4.43. The molecule has 1 heterocycles. The van der Waals surface area contributed by atoms with Crippen molar-refractivity contribution in [1.29, 1.82) is 0 Å². The second-order valence-corrected chi connectivity index (χ2v) is 3.70. The van der Waals surface area contributed by atoms with Crippen molar-refractivity contribution in [3.8, 4) is 0 Å². The maximum Gasteiger partial charge on any atom is 0.201 e. The Balaban J connectivity index is 1.73. The summed E-state index contributed by atoms with van der Waals surface area (Å²) in [5.41, 5.74) is 1.63. The summed E-state index contributed by atoms with van der Waals surface area (Å²) < 4.78 is 2.47. The van der Waals surface area contributed by atoms with Crippen LogP contribution in [0.1, 0.15) is 32.6 Å². The van der Waals surface area contributed by atoms with E-state index in [9.17, 15) is 0 Å². The van der Waals surface area contributed by atoms with Crippen molar-refractivity contribution in [3.05, 3.63) is 0 Å². The van der Waals surface area contributed by atoms with Crippen molar-refractivity contribution >= 4 is 5.71 Å². The van der Waals surface area contributed by atoms with Gasteiger partial charge in [-0.05, 0) is 12.3 Å². The zero-order valence-corrected chi connectivity index (χ0v) is 6.77. The molecule has 1 nitrogen and oxygen atoms in total. The van der Waals surface area contributed by atoms with E-state index in [4.69, 9.17) is 0 Å². The minimum atomic E-state index is 1.11. The zero-order valence-electron chi connectivity index (χ0n) is 6.77. The van der Waals surface area contributed by atoms with E-state index in [1.54, 1.807) is 5.71 Å². The van der Waals surface area contributed by atoms with Crippen LogP contribution < -0.4 is 0 Å². The van der Waals surface area contributed by atoms with Crippen molar-refractivity contribution < 1.29 is 4.58 Å². The van der Waals surface area contributed by atoms with E-state index in [2.05, 4.69) is 11.5 Å². The van der Waals surface area contributed by atoms with Gasteiger partial charge in [-0.3, -0.25) is 0 Å². The van der Waals surface area contributed by atoms with E-state index in [0.29, 0.717) is 0 Å². The molecule has 0 atom stereocenters. The quantitative estimate of drug-likeness (QED) is 0.412. The fourth-order valence-corrected chi connectivity index (χ4v) is 1.41. The maximum atomic E-state index is 2.47. The highest BCUT2D eigenvalue weighted by Gasteiger charge is 2.26. The van der Waals surface area contributed by atoms with Gasteiger partial charge >= 0.3 is 0 Å². The lowest BCUT2D eigenvalue weighted by Gasteiger charge is -1.91. The maximum absolute atomic E-state index is 2.47. The molecule has 0 aromatic carbocycles. The van der Waals surface area contributed by atoms with Gasteiger partial charge in [0.05, 0.1) is 0 Å². The molecule has 0 N–H and O–H groups in total. The Morgan fingerprint density at radius 1 is 1.40 bits per heavy atom. The molecule has 2 aliphatic rings. The Morgan fingerprint density at radius 2 is 2.10 bits per heavy atom. The van der Waals surface area contributed by atoms with E-state index in [-0.39, 0.29) is 0 Å². The summed E-state index contributed by atoms with van der Waals surface area (Å²) in [5, 5.41) is 0. The van der Waals surface area contributed by atoms with Gasteiger partial charge < -0.3 is 0 Å². The molecule has 1 saturated heterocycles. The summed E-state index contributed by atoms with van der Waals surface area (Å²) in [7, 11) is 0. The average Bonchev–Trinajstić information content (AvgIpc) is 2.76. The summed E-state index contributed by atoms with van der Waals surface area (Å²) in [5.74, 6) is 1.11. The van der Waals surface area contributed by atoms with Crippen molar-refractivity contribution in [2.45, 2.75) is 32.6 Å². The highest BCUT2D eigenvalue weighted by atomic mass is 15.1. The topological polar surface area (TPSA) is 3.01 Å². The molecular formula is C9H16N+. The normalized spacial score (nSPS) is 23.1. The number of rotatable bonds is 3. The lowest BCUT2D eigenvalue weighted by atomic mass is 10.2. The first-order chi connectivity index (χ1) is 4.86. The summed E-state index contributed by atoms with van der Waals surface area (Å²) in [6.45, 7) is 4.95. The van der Waals surface area contributed by atoms with E-state index < -0.39 is 0 Å². The molecule has 1 saturated carbocycles. The number of hydrogen-bond donors (Lipinski definition) is 0. The van der Waals surface area contributed by atoms with Gasteiger partial charge in [-0.15, -0.1) is 0 Å². The smallest absolute Gasteiger partial charge is 0.201 e. The molecule has 2 fully saturated rings. The van der Waals surface area contributed by atoms with Crippen LogP contribution in [0.4, 0.5) is 0 Å². The molecule has 0 radical (unpaired) electrons. The number of nitrogens with zero attached hydrogens (tertiary/aromatic N) is 1. The van der Waals surface area contributed by atoms with E-state index >= 15 is 0 Å². The van der Waals surface area contributed by atoms with E-state index in [1.807, 2.05) is 0 Å². The first kappa shape index (κ1) is 6.38. The van der Waals surface area contributed by atoms with Gasteiger partial charge in [0.2, 0.25) is 13.1 Å². The molecule has 2 rings (SSSR count). The van der Waals surface area contributed by atoms with Crippen molar-refractivity contribution in [3.63, 3.8) is 0 Å². The van der Waals surface area contributed by atoms with Gasteiger partial charge in [0.1, 0.15) is 5.71 Å². The third kappa shape index (κ3) is 1.59. The Labute approximate surface area is 62.8 Å². The third-order valence-electron chi connectivity index (χ3n) is 2.60. The van der Waals surface area contributed by atoms with Crippen LogP contribution in [0, 0.1) is 5.92 Å². The minimum Gasteiger partial charge on any atom is -0.224 e. The van der Waals surface area contributed by atoms with Gasteiger partial charge in [0, 0.05) is 13.3 Å². The summed E-state index contributed by atoms with van der Waals surface area (Å²) >= 11 is 0. The van der Waals surface area contributed by atoms with E-state index in [0.717, 1.165) is 5.92 Å². The van der Waals surface area contributed by atoms with Crippen molar-refractivity contribution in [1.82, 2.24) is 0 Å². The molecule has 56 valence electrons. The predicted octanol–water partition coefficient (Wildman–Crippen LogP) is 1.66. The Hall–Kier alpha value is -0.330. The molecule has 0 spiro atoms. The van der Waals surface area contributed by atoms with Crippen LogP contribution in [-0.2, 0) is 0 Å². The monoisotopic (exact) mass is 138 g/mol. The predicted molar refractivity (Wildman–Crippen MR) is 42.6 cm³/mol. The van der Waals surface area contributed by atoms with Crippen LogP contribution in [-0.4, -0.2) is 23.4 Å². The molecule has 0 aromatic rings. The standard InChI is InChI=1S/C9H16N/c1-8(10-6-7-10)2-3-9-4-5-9/h9H,2-7H2,1H3/q+1. The number of hydrogen-bond acceptors (Lipinski definition) is 0. The molecule has 0 amide bonds. The molecular weight excluding hydrogens is 122 g/mol. The third-order valence-corrected chi connectivity index (χ3v) is 2.60. The highest BCUT2D eigenvalue weighted by molar-refractivity contribution is 5.77. The van der Waals surface area contributed by atoms with Gasteiger partial charge in [-0.25, -0.2) is 4.58 Å². The molecule has 0 unspecified atom stereocenters. The summed E-state index contributed by atoms with van der Waals surface area (Å²) in [4.78, 5) is 0. The zero-order chi connectivity index (χ0) is 6.97. The first-order valence-electron chi connectivity index (χ1n) is 4.43. The molecule has 0 bridgehead atoms. The molecule has 1 aliphatic carbocycles. The summed E-state index contributed by atoms with van der Waals surface area (Å²) in [6, 6.07) is 0. The second kappa shape index (κ2) is 2.37. The van der Waals surface area contributed by atoms with Gasteiger partial charge in [-0.1, -0.05) is 12.8 Å². The van der Waals surface area contributed by atoms with Crippen molar-refractivity contribution in [2.24, 2.45) is 5.92 Å². The summed E-state index contributed by atoms with van der Waals surface area (Å²) in [6.07, 6.45) is 5.84. The molecule has 10 heavy (non-hydrogen) atoms. The lowest BCUT2D eigenvalue weighted by Crippen LogP contribution is -1.99. The SMILES string of the molecule is CC(CCC1CC1)=[N+]1CC1. The second-order valence-electron chi connectivity index (χ2n) is 3.70. The van der Waals surface area contributed by atoms with Crippen LogP contribution in [0.5, 0.6) is 0 Å². The Morgan fingerprint density at radius 3 is 2.60 bits per heavy atom. The van der Waals surface area contributed by atoms with Crippen LogP contribution in [0.25, 0.3) is 0 Å². The highest BCUT2D eigenvalue weighted by Crippen LogP contribution is 2.33. The lowest BCUT2D eigenvalue weighted by molar-refractivity contribution is -0.337. The Bertz CT molecular complexity index is 160. The fraction of sp³-hybridized carbons (Fsp3) is 0.889. The largest absolute Gasteiger partial charge is 0.224 e. The van der Waals surface area contributed by atoms with Gasteiger partial charge in [0.25, 0.3) is 0 Å². The van der Waals surface area contributed by atoms with Crippen molar-refractivity contribution in [2.75, 3.05) is 13.1 Å².